The average Bonchev–Trinajstić information content (AvgIpc) is 3.14. The first-order valence-electron chi connectivity index (χ1n) is 12.4. The van der Waals surface area contributed by atoms with E-state index in [9.17, 15) is 37.1 Å². The smallest absolute Gasteiger partial charge is 0.351 e. The molecule has 4 rings (SSSR count). The molecule has 0 bridgehead atoms. The van der Waals surface area contributed by atoms with Crippen LogP contribution in [0.25, 0.3) is 0 Å². The van der Waals surface area contributed by atoms with Crippen LogP contribution in [0, 0.1) is 0 Å². The van der Waals surface area contributed by atoms with E-state index in [1.807, 2.05) is 0 Å². The Morgan fingerprint density at radius 3 is 2.49 bits per heavy atom. The molecule has 5 amide bonds. The van der Waals surface area contributed by atoms with Gasteiger partial charge in [0.05, 0.1) is 10.6 Å². The molecule has 216 valence electrons. The van der Waals surface area contributed by atoms with Crippen molar-refractivity contribution >= 4 is 52.5 Å². The minimum atomic E-state index is -4.62. The standard InChI is InChI=1S/C27H25ClF3N5O5/c1-35(2)21(13-23(38)33-16-6-7-17(18(28)11-16)27(29,30)31)14-4-3-5-15(10-14)32-19-12-24(39)36(26(19)41)20-8-9-22(37)34-25(20)40/h3-7,10-12,20-21,32H,8-9,13H2,1-2H3,(H,33,38)(H,34,37,40). The molecular formula is C27H25ClF3N5O5. The minimum absolute atomic E-state index is 0.00365. The molecule has 3 N–H and O–H groups in total. The van der Waals surface area contributed by atoms with Gasteiger partial charge in [0.25, 0.3) is 11.8 Å². The van der Waals surface area contributed by atoms with Crippen molar-refractivity contribution in [2.75, 3.05) is 24.7 Å². The first-order valence-corrected chi connectivity index (χ1v) is 12.8. The number of nitrogens with zero attached hydrogens (tertiary/aromatic N) is 2. The van der Waals surface area contributed by atoms with Crippen LogP contribution in [0.5, 0.6) is 0 Å². The van der Waals surface area contributed by atoms with Crippen molar-refractivity contribution in [2.45, 2.75) is 37.5 Å². The molecule has 2 aliphatic rings. The van der Waals surface area contributed by atoms with Crippen molar-refractivity contribution in [3.63, 3.8) is 0 Å². The zero-order valence-corrected chi connectivity index (χ0v) is 22.6. The van der Waals surface area contributed by atoms with Gasteiger partial charge in [0.15, 0.2) is 0 Å². The third-order valence-corrected chi connectivity index (χ3v) is 6.90. The number of carbonyl (C=O) groups excluding carboxylic acids is 5. The molecule has 0 radical (unpaired) electrons. The number of carbonyl (C=O) groups is 5. The molecule has 2 unspecified atom stereocenters. The van der Waals surface area contributed by atoms with E-state index in [0.717, 1.165) is 29.2 Å². The van der Waals surface area contributed by atoms with Crippen molar-refractivity contribution in [3.05, 3.63) is 70.4 Å². The number of alkyl halides is 3. The number of piperidine rings is 1. The molecular weight excluding hydrogens is 567 g/mol. The molecule has 41 heavy (non-hydrogen) atoms. The Hall–Kier alpha value is -4.23. The number of rotatable bonds is 8. The van der Waals surface area contributed by atoms with Crippen LogP contribution in [0.4, 0.5) is 24.5 Å². The number of nitrogens with one attached hydrogen (secondary N) is 3. The van der Waals surface area contributed by atoms with Crippen molar-refractivity contribution in [2.24, 2.45) is 0 Å². The van der Waals surface area contributed by atoms with Crippen molar-refractivity contribution in [3.8, 4) is 0 Å². The van der Waals surface area contributed by atoms with Gasteiger partial charge in [-0.15, -0.1) is 0 Å². The molecule has 2 aliphatic heterocycles. The van der Waals surface area contributed by atoms with Crippen LogP contribution in [-0.4, -0.2) is 59.5 Å². The van der Waals surface area contributed by atoms with Crippen LogP contribution in [0.2, 0.25) is 5.02 Å². The Balaban J connectivity index is 1.45. The van der Waals surface area contributed by atoms with Crippen molar-refractivity contribution < 1.29 is 37.1 Å². The summed E-state index contributed by atoms with van der Waals surface area (Å²) in [5.74, 6) is -3.06. The van der Waals surface area contributed by atoms with Gasteiger partial charge in [-0.3, -0.25) is 34.2 Å². The summed E-state index contributed by atoms with van der Waals surface area (Å²) in [6.07, 6.45) is -3.58. The van der Waals surface area contributed by atoms with Crippen LogP contribution in [-0.2, 0) is 30.1 Å². The Kier molecular flexibility index (Phi) is 8.50. The second kappa shape index (κ2) is 11.7. The third-order valence-electron chi connectivity index (χ3n) is 6.59. The Morgan fingerprint density at radius 1 is 1.12 bits per heavy atom. The number of anilines is 2. The molecule has 14 heteroatoms. The van der Waals surface area contributed by atoms with Crippen LogP contribution in [0.3, 0.4) is 0 Å². The molecule has 2 atom stereocenters. The van der Waals surface area contributed by atoms with Crippen LogP contribution >= 0.6 is 11.6 Å². The van der Waals surface area contributed by atoms with E-state index < -0.39 is 58.4 Å². The summed E-state index contributed by atoms with van der Waals surface area (Å²) in [7, 11) is 3.49. The third kappa shape index (κ3) is 6.74. The summed E-state index contributed by atoms with van der Waals surface area (Å²) in [6, 6.07) is 8.14. The summed E-state index contributed by atoms with van der Waals surface area (Å²) >= 11 is 5.75. The molecule has 1 fully saturated rings. The maximum atomic E-state index is 13.0. The van der Waals surface area contributed by atoms with Crippen LogP contribution < -0.4 is 16.0 Å². The fraction of sp³-hybridized carbons (Fsp3) is 0.296. The minimum Gasteiger partial charge on any atom is -0.351 e. The van der Waals surface area contributed by atoms with Gasteiger partial charge in [-0.1, -0.05) is 23.7 Å². The van der Waals surface area contributed by atoms with Gasteiger partial charge < -0.3 is 15.5 Å². The summed E-state index contributed by atoms with van der Waals surface area (Å²) in [4.78, 5) is 64.5. The van der Waals surface area contributed by atoms with E-state index in [0.29, 0.717) is 11.3 Å². The largest absolute Gasteiger partial charge is 0.417 e. The average molecular weight is 592 g/mol. The predicted octanol–water partition coefficient (Wildman–Crippen LogP) is 3.46. The second-order valence-electron chi connectivity index (χ2n) is 9.71. The highest BCUT2D eigenvalue weighted by Gasteiger charge is 2.42. The molecule has 2 heterocycles. The van der Waals surface area contributed by atoms with E-state index in [1.54, 1.807) is 43.3 Å². The number of imide groups is 2. The number of benzene rings is 2. The number of hydrogen-bond acceptors (Lipinski definition) is 7. The maximum Gasteiger partial charge on any atom is 0.417 e. The summed E-state index contributed by atoms with van der Waals surface area (Å²) in [5.41, 5.74) is 0.139. The maximum absolute atomic E-state index is 13.0. The lowest BCUT2D eigenvalue weighted by atomic mass is 10.0. The van der Waals surface area contributed by atoms with E-state index in [1.165, 1.54) is 0 Å². The molecule has 0 aromatic heterocycles. The van der Waals surface area contributed by atoms with Gasteiger partial charge >= 0.3 is 6.18 Å². The van der Waals surface area contributed by atoms with E-state index >= 15 is 0 Å². The Bertz CT molecular complexity index is 1460. The topological polar surface area (TPSA) is 128 Å². The number of amides is 5. The zero-order valence-electron chi connectivity index (χ0n) is 21.8. The van der Waals surface area contributed by atoms with E-state index in [4.69, 9.17) is 11.6 Å². The van der Waals surface area contributed by atoms with E-state index in [2.05, 4.69) is 16.0 Å². The molecule has 0 aliphatic carbocycles. The second-order valence-corrected chi connectivity index (χ2v) is 10.1. The van der Waals surface area contributed by atoms with E-state index in [-0.39, 0.29) is 30.6 Å². The summed E-state index contributed by atoms with van der Waals surface area (Å²) in [5, 5.41) is 7.04. The quantitative estimate of drug-likeness (QED) is 0.401. The van der Waals surface area contributed by atoms with Crippen LogP contribution in [0.15, 0.2) is 54.2 Å². The van der Waals surface area contributed by atoms with Crippen LogP contribution in [0.1, 0.15) is 36.4 Å². The first kappa shape index (κ1) is 29.7. The lowest BCUT2D eigenvalue weighted by molar-refractivity contribution is -0.149. The van der Waals surface area contributed by atoms with Gasteiger partial charge in [0.1, 0.15) is 11.7 Å². The lowest BCUT2D eigenvalue weighted by Gasteiger charge is -2.28. The van der Waals surface area contributed by atoms with Crippen molar-refractivity contribution in [1.29, 1.82) is 0 Å². The highest BCUT2D eigenvalue weighted by molar-refractivity contribution is 6.31. The number of hydrogen-bond donors (Lipinski definition) is 3. The van der Waals surface area contributed by atoms with Gasteiger partial charge in [0.2, 0.25) is 17.7 Å². The van der Waals surface area contributed by atoms with Crippen molar-refractivity contribution in [1.82, 2.24) is 15.1 Å². The molecule has 1 saturated heterocycles. The molecule has 2 aromatic carbocycles. The molecule has 10 nitrogen and oxygen atoms in total. The Labute approximate surface area is 237 Å². The lowest BCUT2D eigenvalue weighted by Crippen LogP contribution is -2.54. The highest BCUT2D eigenvalue weighted by Crippen LogP contribution is 2.36. The Morgan fingerprint density at radius 2 is 1.85 bits per heavy atom. The van der Waals surface area contributed by atoms with Gasteiger partial charge in [-0.2, -0.15) is 13.2 Å². The fourth-order valence-corrected chi connectivity index (χ4v) is 4.87. The molecule has 0 spiro atoms. The molecule has 0 saturated carbocycles. The summed E-state index contributed by atoms with van der Waals surface area (Å²) < 4.78 is 38.9. The first-order chi connectivity index (χ1) is 19.2. The predicted molar refractivity (Wildman–Crippen MR) is 142 cm³/mol. The highest BCUT2D eigenvalue weighted by atomic mass is 35.5. The van der Waals surface area contributed by atoms with Gasteiger partial charge in [-0.25, -0.2) is 0 Å². The van der Waals surface area contributed by atoms with Gasteiger partial charge in [0, 0.05) is 36.3 Å². The fourth-order valence-electron chi connectivity index (χ4n) is 4.59. The summed E-state index contributed by atoms with van der Waals surface area (Å²) in [6.45, 7) is 0. The monoisotopic (exact) mass is 591 g/mol. The number of halogens is 4. The SMILES string of the molecule is CN(C)C(CC(=O)Nc1ccc(C(F)(F)F)c(Cl)c1)c1cccc(NC2=CC(=O)N(C3CCC(=O)NC3=O)C2=O)c1. The normalized spacial score (nSPS) is 18.4. The molecule has 2 aromatic rings. The zero-order chi connectivity index (χ0) is 30.1. The van der Waals surface area contributed by atoms with Gasteiger partial charge in [-0.05, 0) is 56.4 Å².